The number of fused-ring (bicyclic) bond motifs is 1. The van der Waals surface area contributed by atoms with Gasteiger partial charge in [0.15, 0.2) is 0 Å². The molecular weight excluding hydrogens is 298 g/mol. The van der Waals surface area contributed by atoms with Gasteiger partial charge in [-0.05, 0) is 37.0 Å². The summed E-state index contributed by atoms with van der Waals surface area (Å²) in [4.78, 5) is 17.2. The number of H-pyrrole nitrogens is 1. The lowest BCUT2D eigenvalue weighted by atomic mass is 9.99. The van der Waals surface area contributed by atoms with Gasteiger partial charge in [0.05, 0.1) is 0 Å². The third-order valence-electron chi connectivity index (χ3n) is 4.39. The molecule has 2 aliphatic rings. The number of urea groups is 1. The maximum atomic E-state index is 12.1. The number of aromatic nitrogens is 1. The van der Waals surface area contributed by atoms with E-state index in [-0.39, 0.29) is 6.03 Å². The molecule has 0 bridgehead atoms. The van der Waals surface area contributed by atoms with Crippen molar-refractivity contribution in [1.82, 2.24) is 15.2 Å². The van der Waals surface area contributed by atoms with Gasteiger partial charge in [-0.15, -0.1) is 0 Å². The fourth-order valence-corrected chi connectivity index (χ4v) is 3.13. The van der Waals surface area contributed by atoms with Crippen LogP contribution in [0.5, 0.6) is 0 Å². The number of carbonyl (C=O) groups excluding carboxylic acids is 1. The molecule has 0 unspecified atom stereocenters. The minimum atomic E-state index is 0.0727. The molecule has 0 radical (unpaired) electrons. The number of carbonyl (C=O) groups is 1. The summed E-state index contributed by atoms with van der Waals surface area (Å²) >= 11 is 6.03. The van der Waals surface area contributed by atoms with E-state index in [1.165, 1.54) is 16.5 Å². The van der Waals surface area contributed by atoms with Crippen LogP contribution in [0.25, 0.3) is 16.5 Å². The highest BCUT2D eigenvalue weighted by Crippen LogP contribution is 2.30. The van der Waals surface area contributed by atoms with E-state index in [1.54, 1.807) is 0 Å². The molecule has 2 N–H and O–H groups in total. The summed E-state index contributed by atoms with van der Waals surface area (Å²) in [5.41, 5.74) is 3.57. The van der Waals surface area contributed by atoms with E-state index in [0.29, 0.717) is 12.6 Å². The third-order valence-corrected chi connectivity index (χ3v) is 4.63. The standard InChI is InChI=1S/C17H18ClN3O/c18-12-1-4-14-15(10-19-16(14)9-12)11-5-7-21(8-6-11)17(22)20-13-2-3-13/h1,4-5,9-10,13,19H,2-3,6-8H2,(H,20,22). The zero-order chi connectivity index (χ0) is 15.1. The van der Waals surface area contributed by atoms with Crippen LogP contribution in [0.3, 0.4) is 0 Å². The van der Waals surface area contributed by atoms with Gasteiger partial charge < -0.3 is 15.2 Å². The van der Waals surface area contributed by atoms with Gasteiger partial charge in [-0.1, -0.05) is 23.7 Å². The van der Waals surface area contributed by atoms with E-state index >= 15 is 0 Å². The molecule has 5 heteroatoms. The fraction of sp³-hybridized carbons (Fsp3) is 0.353. The molecule has 114 valence electrons. The number of benzene rings is 1. The monoisotopic (exact) mass is 315 g/mol. The quantitative estimate of drug-likeness (QED) is 0.870. The Morgan fingerprint density at radius 2 is 2.23 bits per heavy atom. The van der Waals surface area contributed by atoms with Crippen molar-refractivity contribution in [2.45, 2.75) is 25.3 Å². The fourth-order valence-electron chi connectivity index (χ4n) is 2.96. The molecule has 1 saturated carbocycles. The Hall–Kier alpha value is -1.94. The number of nitrogens with one attached hydrogen (secondary N) is 2. The van der Waals surface area contributed by atoms with Crippen LogP contribution in [-0.4, -0.2) is 35.0 Å². The van der Waals surface area contributed by atoms with Gasteiger partial charge in [0.2, 0.25) is 0 Å². The molecule has 4 rings (SSSR count). The number of amides is 2. The first kappa shape index (κ1) is 13.7. The van der Waals surface area contributed by atoms with Gasteiger partial charge in [0.1, 0.15) is 0 Å². The average molecular weight is 316 g/mol. The smallest absolute Gasteiger partial charge is 0.317 e. The lowest BCUT2D eigenvalue weighted by Gasteiger charge is -2.26. The minimum absolute atomic E-state index is 0.0727. The van der Waals surface area contributed by atoms with Crippen LogP contribution >= 0.6 is 11.6 Å². The predicted octanol–water partition coefficient (Wildman–Crippen LogP) is 3.78. The summed E-state index contributed by atoms with van der Waals surface area (Å²) < 4.78 is 0. The Morgan fingerprint density at radius 3 is 2.95 bits per heavy atom. The van der Waals surface area contributed by atoms with E-state index in [2.05, 4.69) is 22.4 Å². The van der Waals surface area contributed by atoms with Gasteiger partial charge in [0, 0.05) is 46.8 Å². The lowest BCUT2D eigenvalue weighted by molar-refractivity contribution is 0.202. The van der Waals surface area contributed by atoms with Crippen molar-refractivity contribution in [2.75, 3.05) is 13.1 Å². The van der Waals surface area contributed by atoms with Crippen molar-refractivity contribution in [3.8, 4) is 0 Å². The number of nitrogens with zero attached hydrogens (tertiary/aromatic N) is 1. The Balaban J connectivity index is 1.53. The Labute approximate surface area is 134 Å². The van der Waals surface area contributed by atoms with Crippen molar-refractivity contribution in [2.24, 2.45) is 0 Å². The predicted molar refractivity (Wildman–Crippen MR) is 89.0 cm³/mol. The van der Waals surface area contributed by atoms with Crippen molar-refractivity contribution in [1.29, 1.82) is 0 Å². The summed E-state index contributed by atoms with van der Waals surface area (Å²) in [5, 5.41) is 4.97. The van der Waals surface area contributed by atoms with Crippen LogP contribution in [0.4, 0.5) is 4.79 Å². The van der Waals surface area contributed by atoms with E-state index in [4.69, 9.17) is 11.6 Å². The first-order valence-electron chi connectivity index (χ1n) is 7.72. The van der Waals surface area contributed by atoms with Crippen LogP contribution in [0.15, 0.2) is 30.5 Å². The van der Waals surface area contributed by atoms with Gasteiger partial charge in [0.25, 0.3) is 0 Å². The first-order chi connectivity index (χ1) is 10.7. The molecule has 1 aromatic carbocycles. The average Bonchev–Trinajstić information content (AvgIpc) is 3.24. The highest BCUT2D eigenvalue weighted by Gasteiger charge is 2.26. The maximum Gasteiger partial charge on any atom is 0.317 e. The highest BCUT2D eigenvalue weighted by atomic mass is 35.5. The van der Waals surface area contributed by atoms with E-state index < -0.39 is 0 Å². The van der Waals surface area contributed by atoms with Crippen LogP contribution in [-0.2, 0) is 0 Å². The molecule has 1 aliphatic carbocycles. The maximum absolute atomic E-state index is 12.1. The second-order valence-corrected chi connectivity index (χ2v) is 6.48. The van der Waals surface area contributed by atoms with Crippen molar-refractivity contribution < 1.29 is 4.79 Å². The zero-order valence-electron chi connectivity index (χ0n) is 12.2. The molecule has 2 amide bonds. The second-order valence-electron chi connectivity index (χ2n) is 6.04. The lowest BCUT2D eigenvalue weighted by Crippen LogP contribution is -2.42. The van der Waals surface area contributed by atoms with Gasteiger partial charge >= 0.3 is 6.03 Å². The molecule has 1 aliphatic heterocycles. The molecule has 0 spiro atoms. The number of hydrogen-bond acceptors (Lipinski definition) is 1. The minimum Gasteiger partial charge on any atom is -0.361 e. The number of halogens is 1. The third kappa shape index (κ3) is 2.59. The second kappa shape index (κ2) is 5.36. The Morgan fingerprint density at radius 1 is 1.36 bits per heavy atom. The molecule has 2 aromatic rings. The summed E-state index contributed by atoms with van der Waals surface area (Å²) in [6.45, 7) is 1.44. The molecule has 2 heterocycles. The van der Waals surface area contributed by atoms with Crippen molar-refractivity contribution in [3.63, 3.8) is 0 Å². The Bertz CT molecular complexity index is 760. The molecule has 22 heavy (non-hydrogen) atoms. The summed E-state index contributed by atoms with van der Waals surface area (Å²) in [6, 6.07) is 6.40. The van der Waals surface area contributed by atoms with E-state index in [9.17, 15) is 4.79 Å². The number of aromatic amines is 1. The van der Waals surface area contributed by atoms with E-state index in [0.717, 1.165) is 36.3 Å². The molecule has 1 fully saturated rings. The summed E-state index contributed by atoms with van der Waals surface area (Å²) in [5.74, 6) is 0. The van der Waals surface area contributed by atoms with Crippen LogP contribution < -0.4 is 5.32 Å². The SMILES string of the molecule is O=C(NC1CC1)N1CC=C(c2c[nH]c3cc(Cl)ccc23)CC1. The number of rotatable bonds is 2. The first-order valence-corrected chi connectivity index (χ1v) is 8.10. The molecular formula is C17H18ClN3O. The van der Waals surface area contributed by atoms with E-state index in [1.807, 2.05) is 23.2 Å². The van der Waals surface area contributed by atoms with Crippen molar-refractivity contribution in [3.05, 3.63) is 41.1 Å². The van der Waals surface area contributed by atoms with Gasteiger partial charge in [-0.2, -0.15) is 0 Å². The molecule has 0 saturated heterocycles. The molecule has 4 nitrogen and oxygen atoms in total. The highest BCUT2D eigenvalue weighted by molar-refractivity contribution is 6.31. The van der Waals surface area contributed by atoms with Crippen molar-refractivity contribution >= 4 is 34.1 Å². The molecule has 0 atom stereocenters. The number of hydrogen-bond donors (Lipinski definition) is 2. The van der Waals surface area contributed by atoms with Crippen LogP contribution in [0.2, 0.25) is 5.02 Å². The largest absolute Gasteiger partial charge is 0.361 e. The summed E-state index contributed by atoms with van der Waals surface area (Å²) in [7, 11) is 0. The van der Waals surface area contributed by atoms with Gasteiger partial charge in [-0.3, -0.25) is 0 Å². The normalized spacial score (nSPS) is 18.4. The Kier molecular flexibility index (Phi) is 3.34. The van der Waals surface area contributed by atoms with Crippen LogP contribution in [0, 0.1) is 0 Å². The zero-order valence-corrected chi connectivity index (χ0v) is 13.0. The van der Waals surface area contributed by atoms with Crippen LogP contribution in [0.1, 0.15) is 24.8 Å². The topological polar surface area (TPSA) is 48.1 Å². The van der Waals surface area contributed by atoms with Gasteiger partial charge in [-0.25, -0.2) is 4.79 Å². The summed E-state index contributed by atoms with van der Waals surface area (Å²) in [6.07, 6.45) is 7.32. The molecule has 1 aromatic heterocycles.